The highest BCUT2D eigenvalue weighted by Gasteiger charge is 2.22. The van der Waals surface area contributed by atoms with Crippen LogP contribution in [0.2, 0.25) is 0 Å². The van der Waals surface area contributed by atoms with Crippen LogP contribution in [-0.2, 0) is 6.54 Å². The summed E-state index contributed by atoms with van der Waals surface area (Å²) in [5, 5.41) is 3.45. The highest BCUT2D eigenvalue weighted by atomic mass is 127. The van der Waals surface area contributed by atoms with Crippen LogP contribution in [0.4, 0.5) is 0 Å². The molecule has 1 saturated heterocycles. The Balaban J connectivity index is 0.00000225. The zero-order chi connectivity index (χ0) is 16.8. The molecule has 0 bridgehead atoms. The molecule has 0 unspecified atom stereocenters. The van der Waals surface area contributed by atoms with Gasteiger partial charge in [-0.25, -0.2) is 4.98 Å². The number of para-hydroxylation sites is 1. The van der Waals surface area contributed by atoms with Crippen molar-refractivity contribution < 1.29 is 4.74 Å². The standard InChI is InChI=1S/C18H24N4OS.HI/c1-14-17(24-13-21-14)12-20-18(19-2)22-10-8-16(9-11-22)23-15-6-4-3-5-7-15;/h3-7,13,16H,8-12H2,1-2H3,(H,19,20);1H. The molecule has 0 atom stereocenters. The van der Waals surface area contributed by atoms with Gasteiger partial charge in [0.05, 0.1) is 17.7 Å². The zero-order valence-corrected chi connectivity index (χ0v) is 17.8. The minimum absolute atomic E-state index is 0. The maximum atomic E-state index is 6.06. The zero-order valence-electron chi connectivity index (χ0n) is 14.6. The van der Waals surface area contributed by atoms with Crippen LogP contribution in [0.3, 0.4) is 0 Å². The number of aliphatic imine (C=N–C) groups is 1. The van der Waals surface area contributed by atoms with Crippen molar-refractivity contribution in [2.45, 2.75) is 32.4 Å². The third kappa shape index (κ3) is 5.57. The third-order valence-corrected chi connectivity index (χ3v) is 5.19. The SMILES string of the molecule is CN=C(NCc1scnc1C)N1CCC(Oc2ccccc2)CC1.I. The van der Waals surface area contributed by atoms with Gasteiger partial charge >= 0.3 is 0 Å². The van der Waals surface area contributed by atoms with Crippen molar-refractivity contribution in [2.75, 3.05) is 20.1 Å². The van der Waals surface area contributed by atoms with Gasteiger partial charge in [-0.15, -0.1) is 35.3 Å². The van der Waals surface area contributed by atoms with Crippen molar-refractivity contribution in [1.29, 1.82) is 0 Å². The predicted molar refractivity (Wildman–Crippen MR) is 114 cm³/mol. The predicted octanol–water partition coefficient (Wildman–Crippen LogP) is 3.69. The highest BCUT2D eigenvalue weighted by molar-refractivity contribution is 14.0. The Labute approximate surface area is 170 Å². The van der Waals surface area contributed by atoms with E-state index in [4.69, 9.17) is 4.74 Å². The lowest BCUT2D eigenvalue weighted by atomic mass is 10.1. The van der Waals surface area contributed by atoms with Crippen LogP contribution in [0.25, 0.3) is 0 Å². The van der Waals surface area contributed by atoms with E-state index in [1.54, 1.807) is 11.3 Å². The summed E-state index contributed by atoms with van der Waals surface area (Å²) in [7, 11) is 1.84. The number of aryl methyl sites for hydroxylation is 1. The normalized spacial score (nSPS) is 15.6. The van der Waals surface area contributed by atoms with Crippen molar-refractivity contribution in [3.63, 3.8) is 0 Å². The van der Waals surface area contributed by atoms with Gasteiger partial charge < -0.3 is 15.0 Å². The van der Waals surface area contributed by atoms with Crippen LogP contribution in [0.5, 0.6) is 5.75 Å². The first-order chi connectivity index (χ1) is 11.8. The Morgan fingerprint density at radius 3 is 2.64 bits per heavy atom. The molecule has 136 valence electrons. The average Bonchev–Trinajstić information content (AvgIpc) is 3.03. The fourth-order valence-electron chi connectivity index (χ4n) is 2.86. The van der Waals surface area contributed by atoms with E-state index in [-0.39, 0.29) is 30.1 Å². The van der Waals surface area contributed by atoms with Crippen LogP contribution in [0.15, 0.2) is 40.8 Å². The first kappa shape index (κ1) is 20.0. The van der Waals surface area contributed by atoms with Gasteiger partial charge in [0.15, 0.2) is 5.96 Å². The molecule has 3 rings (SSSR count). The molecule has 2 aromatic rings. The number of piperidine rings is 1. The molecule has 1 aromatic heterocycles. The molecule has 1 aromatic carbocycles. The number of hydrogen-bond donors (Lipinski definition) is 1. The fourth-order valence-corrected chi connectivity index (χ4v) is 3.58. The monoisotopic (exact) mass is 472 g/mol. The minimum atomic E-state index is 0. The number of nitrogens with zero attached hydrogens (tertiary/aromatic N) is 3. The van der Waals surface area contributed by atoms with E-state index < -0.39 is 0 Å². The van der Waals surface area contributed by atoms with Gasteiger partial charge in [-0.05, 0) is 19.1 Å². The number of ether oxygens (including phenoxy) is 1. The molecule has 1 aliphatic rings. The van der Waals surface area contributed by atoms with Gasteiger partial charge in [0, 0.05) is 37.9 Å². The van der Waals surface area contributed by atoms with Gasteiger partial charge in [0.1, 0.15) is 11.9 Å². The number of rotatable bonds is 4. The van der Waals surface area contributed by atoms with Crippen molar-refractivity contribution in [3.8, 4) is 5.75 Å². The summed E-state index contributed by atoms with van der Waals surface area (Å²) in [6, 6.07) is 10.1. The molecule has 1 N–H and O–H groups in total. The Hall–Kier alpha value is -1.35. The van der Waals surface area contributed by atoms with E-state index in [1.165, 1.54) is 4.88 Å². The number of guanidine groups is 1. The van der Waals surface area contributed by atoms with Gasteiger partial charge in [-0.3, -0.25) is 4.99 Å². The lowest BCUT2D eigenvalue weighted by Gasteiger charge is -2.34. The van der Waals surface area contributed by atoms with E-state index in [0.29, 0.717) is 0 Å². The third-order valence-electron chi connectivity index (χ3n) is 4.25. The summed E-state index contributed by atoms with van der Waals surface area (Å²) >= 11 is 1.68. The minimum Gasteiger partial charge on any atom is -0.490 e. The topological polar surface area (TPSA) is 49.8 Å². The Bertz CT molecular complexity index is 669. The number of halogens is 1. The van der Waals surface area contributed by atoms with Gasteiger partial charge in [0.25, 0.3) is 0 Å². The van der Waals surface area contributed by atoms with Gasteiger partial charge in [0.2, 0.25) is 0 Å². The summed E-state index contributed by atoms with van der Waals surface area (Å²) in [5.41, 5.74) is 2.99. The number of likely N-dealkylation sites (tertiary alicyclic amines) is 1. The highest BCUT2D eigenvalue weighted by Crippen LogP contribution is 2.19. The van der Waals surface area contributed by atoms with E-state index in [9.17, 15) is 0 Å². The molecular weight excluding hydrogens is 447 g/mol. The number of hydrogen-bond acceptors (Lipinski definition) is 4. The molecule has 5 nitrogen and oxygen atoms in total. The second-order valence-electron chi connectivity index (χ2n) is 5.88. The van der Waals surface area contributed by atoms with Crippen LogP contribution in [0.1, 0.15) is 23.4 Å². The maximum absolute atomic E-state index is 6.06. The Morgan fingerprint density at radius 1 is 1.32 bits per heavy atom. The molecule has 0 saturated carbocycles. The smallest absolute Gasteiger partial charge is 0.193 e. The lowest BCUT2D eigenvalue weighted by Crippen LogP contribution is -2.47. The van der Waals surface area contributed by atoms with Gasteiger partial charge in [-0.2, -0.15) is 0 Å². The summed E-state index contributed by atoms with van der Waals surface area (Å²) in [6.07, 6.45) is 2.30. The Kier molecular flexibility index (Phi) is 7.95. The van der Waals surface area contributed by atoms with Crippen molar-refractivity contribution in [3.05, 3.63) is 46.4 Å². The molecule has 7 heteroatoms. The van der Waals surface area contributed by atoms with Gasteiger partial charge in [-0.1, -0.05) is 18.2 Å². The fraction of sp³-hybridized carbons (Fsp3) is 0.444. The van der Waals surface area contributed by atoms with E-state index in [0.717, 1.165) is 49.9 Å². The summed E-state index contributed by atoms with van der Waals surface area (Å²) in [5.74, 6) is 1.92. The van der Waals surface area contributed by atoms with Crippen LogP contribution < -0.4 is 10.1 Å². The molecule has 0 radical (unpaired) electrons. The van der Waals surface area contributed by atoms with Crippen molar-refractivity contribution in [1.82, 2.24) is 15.2 Å². The quantitative estimate of drug-likeness (QED) is 0.419. The lowest BCUT2D eigenvalue weighted by molar-refractivity contribution is 0.129. The maximum Gasteiger partial charge on any atom is 0.193 e. The first-order valence-electron chi connectivity index (χ1n) is 8.32. The Morgan fingerprint density at radius 2 is 2.04 bits per heavy atom. The number of aromatic nitrogens is 1. The summed E-state index contributed by atoms with van der Waals surface area (Å²) in [4.78, 5) is 12.3. The second kappa shape index (κ2) is 9.96. The number of thiazole rings is 1. The number of benzene rings is 1. The van der Waals surface area contributed by atoms with Crippen LogP contribution >= 0.6 is 35.3 Å². The molecular formula is C18H25IN4OS. The molecule has 0 spiro atoms. The molecule has 1 aliphatic heterocycles. The molecule has 2 heterocycles. The van der Waals surface area contributed by atoms with Crippen LogP contribution in [-0.4, -0.2) is 42.1 Å². The summed E-state index contributed by atoms with van der Waals surface area (Å²) < 4.78 is 6.06. The van der Waals surface area contributed by atoms with Crippen molar-refractivity contribution in [2.24, 2.45) is 4.99 Å². The molecule has 1 fully saturated rings. The van der Waals surface area contributed by atoms with Crippen LogP contribution in [0, 0.1) is 6.92 Å². The first-order valence-corrected chi connectivity index (χ1v) is 9.20. The van der Waals surface area contributed by atoms with Crippen molar-refractivity contribution >= 4 is 41.3 Å². The van der Waals surface area contributed by atoms with E-state index in [2.05, 4.69) is 20.2 Å². The number of nitrogens with one attached hydrogen (secondary N) is 1. The van der Waals surface area contributed by atoms with E-state index in [1.807, 2.05) is 49.8 Å². The summed E-state index contributed by atoms with van der Waals surface area (Å²) in [6.45, 7) is 4.74. The van der Waals surface area contributed by atoms with E-state index >= 15 is 0 Å². The average molecular weight is 472 g/mol. The molecule has 0 amide bonds. The molecule has 25 heavy (non-hydrogen) atoms. The largest absolute Gasteiger partial charge is 0.490 e. The molecule has 0 aliphatic carbocycles. The second-order valence-corrected chi connectivity index (χ2v) is 6.82.